The third-order valence-corrected chi connectivity index (χ3v) is 3.34. The molecule has 112 valence electrons. The molecule has 4 N–H and O–H groups in total. The van der Waals surface area contributed by atoms with E-state index in [2.05, 4.69) is 12.2 Å². The van der Waals surface area contributed by atoms with Gasteiger partial charge in [0.05, 0.1) is 6.04 Å². The van der Waals surface area contributed by atoms with Gasteiger partial charge < -0.3 is 16.2 Å². The third kappa shape index (κ3) is 8.59. The number of carbonyl (C=O) groups excluding carboxylic acids is 1. The zero-order chi connectivity index (χ0) is 14.8. The number of nitrogens with one attached hydrogen (secondary N) is 1. The minimum atomic E-state index is -0.757. The summed E-state index contributed by atoms with van der Waals surface area (Å²) in [6, 6.07) is -0.469. The lowest BCUT2D eigenvalue weighted by molar-refractivity contribution is -0.137. The van der Waals surface area contributed by atoms with E-state index >= 15 is 0 Å². The Labute approximate surface area is 115 Å². The van der Waals surface area contributed by atoms with Crippen molar-refractivity contribution >= 4 is 11.9 Å². The van der Waals surface area contributed by atoms with Crippen LogP contribution < -0.4 is 11.1 Å². The molecule has 0 radical (unpaired) electrons. The normalized spacial score (nSPS) is 14.2. The molecule has 0 saturated heterocycles. The molecule has 0 rings (SSSR count). The first-order chi connectivity index (χ1) is 8.88. The molecule has 0 aromatic carbocycles. The Morgan fingerprint density at radius 2 is 1.84 bits per heavy atom. The van der Waals surface area contributed by atoms with Crippen molar-refractivity contribution in [2.45, 2.75) is 58.9 Å². The molecule has 5 nitrogen and oxygen atoms in total. The molecule has 0 bridgehead atoms. The van der Waals surface area contributed by atoms with E-state index in [4.69, 9.17) is 10.8 Å². The highest BCUT2D eigenvalue weighted by Crippen LogP contribution is 2.17. The van der Waals surface area contributed by atoms with Crippen LogP contribution in [-0.2, 0) is 9.59 Å². The number of rotatable bonds is 10. The Bertz CT molecular complexity index is 280. The maximum absolute atomic E-state index is 11.7. The number of hydrogen-bond acceptors (Lipinski definition) is 3. The van der Waals surface area contributed by atoms with Gasteiger partial charge in [0.1, 0.15) is 0 Å². The molecule has 0 aromatic rings. The van der Waals surface area contributed by atoms with Gasteiger partial charge in [-0.25, -0.2) is 0 Å². The van der Waals surface area contributed by atoms with Crippen LogP contribution in [0.2, 0.25) is 0 Å². The third-order valence-electron chi connectivity index (χ3n) is 3.34. The Morgan fingerprint density at radius 3 is 2.32 bits per heavy atom. The van der Waals surface area contributed by atoms with E-state index in [0.29, 0.717) is 18.9 Å². The van der Waals surface area contributed by atoms with Gasteiger partial charge in [0.2, 0.25) is 5.91 Å². The molecule has 0 aliphatic carbocycles. The fraction of sp³-hybridized carbons (Fsp3) is 0.857. The standard InChI is InChI=1S/C14H28N2O3/c1-4-5-11(6-7-12(17)18)8-9-16-14(19)13(15)10(2)3/h10-11,13H,4-9,15H2,1-3H3,(H,16,19)(H,17,18). The van der Waals surface area contributed by atoms with Crippen molar-refractivity contribution in [2.75, 3.05) is 6.54 Å². The van der Waals surface area contributed by atoms with Crippen molar-refractivity contribution in [2.24, 2.45) is 17.6 Å². The average molecular weight is 272 g/mol. The van der Waals surface area contributed by atoms with Crippen LogP contribution in [0.5, 0.6) is 0 Å². The Hall–Kier alpha value is -1.10. The minimum absolute atomic E-state index is 0.122. The molecule has 2 unspecified atom stereocenters. The van der Waals surface area contributed by atoms with Crippen LogP contribution in [0.4, 0.5) is 0 Å². The molecule has 5 heteroatoms. The molecular weight excluding hydrogens is 244 g/mol. The molecule has 2 atom stereocenters. The lowest BCUT2D eigenvalue weighted by Gasteiger charge is -2.18. The highest BCUT2D eigenvalue weighted by Gasteiger charge is 2.17. The number of carbonyl (C=O) groups is 2. The van der Waals surface area contributed by atoms with Crippen LogP contribution >= 0.6 is 0 Å². The number of amides is 1. The van der Waals surface area contributed by atoms with Crippen LogP contribution in [0.15, 0.2) is 0 Å². The first-order valence-corrected chi connectivity index (χ1v) is 7.13. The monoisotopic (exact) mass is 272 g/mol. The summed E-state index contributed by atoms with van der Waals surface area (Å²) in [5.74, 6) is -0.398. The molecule has 0 aliphatic heterocycles. The molecular formula is C14H28N2O3. The smallest absolute Gasteiger partial charge is 0.303 e. The second kappa shape index (κ2) is 9.78. The quantitative estimate of drug-likeness (QED) is 0.565. The number of aliphatic carboxylic acids is 1. The van der Waals surface area contributed by atoms with Crippen LogP contribution in [0.1, 0.15) is 52.9 Å². The highest BCUT2D eigenvalue weighted by molar-refractivity contribution is 5.81. The van der Waals surface area contributed by atoms with Crippen molar-refractivity contribution in [3.8, 4) is 0 Å². The number of nitrogens with two attached hydrogens (primary N) is 1. The molecule has 1 amide bonds. The maximum Gasteiger partial charge on any atom is 0.303 e. The topological polar surface area (TPSA) is 92.4 Å². The van der Waals surface area contributed by atoms with Crippen molar-refractivity contribution < 1.29 is 14.7 Å². The van der Waals surface area contributed by atoms with Gasteiger partial charge in [-0.3, -0.25) is 9.59 Å². The van der Waals surface area contributed by atoms with E-state index < -0.39 is 12.0 Å². The van der Waals surface area contributed by atoms with Gasteiger partial charge in [-0.1, -0.05) is 33.6 Å². The van der Waals surface area contributed by atoms with Gasteiger partial charge in [-0.15, -0.1) is 0 Å². The summed E-state index contributed by atoms with van der Waals surface area (Å²) in [4.78, 5) is 22.2. The van der Waals surface area contributed by atoms with E-state index in [1.54, 1.807) is 0 Å². The summed E-state index contributed by atoms with van der Waals surface area (Å²) in [6.45, 7) is 6.48. The predicted molar refractivity (Wildman–Crippen MR) is 75.7 cm³/mol. The molecule has 19 heavy (non-hydrogen) atoms. The van der Waals surface area contributed by atoms with Crippen molar-refractivity contribution in [3.05, 3.63) is 0 Å². The number of carboxylic acids is 1. The van der Waals surface area contributed by atoms with Gasteiger partial charge in [0.25, 0.3) is 0 Å². The molecule has 0 aliphatic rings. The summed E-state index contributed by atoms with van der Waals surface area (Å²) < 4.78 is 0. The first kappa shape index (κ1) is 17.9. The second-order valence-corrected chi connectivity index (χ2v) is 5.44. The Balaban J connectivity index is 3.97. The zero-order valence-corrected chi connectivity index (χ0v) is 12.3. The van der Waals surface area contributed by atoms with Crippen LogP contribution in [0.3, 0.4) is 0 Å². The minimum Gasteiger partial charge on any atom is -0.481 e. The van der Waals surface area contributed by atoms with Crippen LogP contribution in [0.25, 0.3) is 0 Å². The molecule has 0 heterocycles. The summed E-state index contributed by atoms with van der Waals surface area (Å²) in [6.07, 6.45) is 3.72. The highest BCUT2D eigenvalue weighted by atomic mass is 16.4. The average Bonchev–Trinajstić information content (AvgIpc) is 2.34. The van der Waals surface area contributed by atoms with Gasteiger partial charge in [0.15, 0.2) is 0 Å². The summed E-state index contributed by atoms with van der Waals surface area (Å²) >= 11 is 0. The van der Waals surface area contributed by atoms with Crippen molar-refractivity contribution in [1.29, 1.82) is 0 Å². The fourth-order valence-corrected chi connectivity index (χ4v) is 1.99. The lowest BCUT2D eigenvalue weighted by atomic mass is 9.94. The maximum atomic E-state index is 11.7. The lowest BCUT2D eigenvalue weighted by Crippen LogP contribution is -2.44. The van der Waals surface area contributed by atoms with Gasteiger partial charge in [-0.2, -0.15) is 0 Å². The summed E-state index contributed by atoms with van der Waals surface area (Å²) in [5.41, 5.74) is 5.74. The number of carboxylic acid groups (broad SMARTS) is 1. The van der Waals surface area contributed by atoms with Gasteiger partial charge in [0, 0.05) is 13.0 Å². The molecule has 0 aromatic heterocycles. The predicted octanol–water partition coefficient (Wildman–Crippen LogP) is 1.76. The van der Waals surface area contributed by atoms with Crippen LogP contribution in [-0.4, -0.2) is 29.6 Å². The van der Waals surface area contributed by atoms with Gasteiger partial charge >= 0.3 is 5.97 Å². The van der Waals surface area contributed by atoms with Crippen molar-refractivity contribution in [3.63, 3.8) is 0 Å². The van der Waals surface area contributed by atoms with E-state index in [-0.39, 0.29) is 18.2 Å². The van der Waals surface area contributed by atoms with Crippen molar-refractivity contribution in [1.82, 2.24) is 5.32 Å². The summed E-state index contributed by atoms with van der Waals surface area (Å²) in [5, 5.41) is 11.5. The zero-order valence-electron chi connectivity index (χ0n) is 12.3. The van der Waals surface area contributed by atoms with Crippen LogP contribution in [0, 0.1) is 11.8 Å². The molecule has 0 saturated carbocycles. The molecule has 0 fully saturated rings. The van der Waals surface area contributed by atoms with Gasteiger partial charge in [-0.05, 0) is 24.7 Å². The largest absolute Gasteiger partial charge is 0.481 e. The summed E-state index contributed by atoms with van der Waals surface area (Å²) in [7, 11) is 0. The molecule has 0 spiro atoms. The van der Waals surface area contributed by atoms with E-state index in [0.717, 1.165) is 19.3 Å². The SMILES string of the molecule is CCCC(CCNC(=O)C(N)C(C)C)CCC(=O)O. The first-order valence-electron chi connectivity index (χ1n) is 7.13. The van der Waals surface area contributed by atoms with E-state index in [1.807, 2.05) is 13.8 Å². The van der Waals surface area contributed by atoms with E-state index in [1.165, 1.54) is 0 Å². The van der Waals surface area contributed by atoms with E-state index in [9.17, 15) is 9.59 Å². The Morgan fingerprint density at radius 1 is 1.21 bits per heavy atom. The number of hydrogen-bond donors (Lipinski definition) is 3. The second-order valence-electron chi connectivity index (χ2n) is 5.44. The fourth-order valence-electron chi connectivity index (χ4n) is 1.99. The Kier molecular flexibility index (Phi) is 9.21.